The van der Waals surface area contributed by atoms with Gasteiger partial charge in [0.1, 0.15) is 5.82 Å². The van der Waals surface area contributed by atoms with E-state index in [0.717, 1.165) is 25.3 Å². The Morgan fingerprint density at radius 3 is 2.88 bits per heavy atom. The predicted octanol–water partition coefficient (Wildman–Crippen LogP) is 3.62. The van der Waals surface area contributed by atoms with E-state index in [1.54, 1.807) is 12.1 Å². The van der Waals surface area contributed by atoms with E-state index in [9.17, 15) is 4.39 Å². The number of rotatable bonds is 3. The van der Waals surface area contributed by atoms with E-state index in [2.05, 4.69) is 14.9 Å². The first-order valence-corrected chi connectivity index (χ1v) is 8.96. The van der Waals surface area contributed by atoms with Crippen LogP contribution in [0.1, 0.15) is 60.7 Å². The van der Waals surface area contributed by atoms with Gasteiger partial charge < -0.3 is 0 Å². The van der Waals surface area contributed by atoms with Gasteiger partial charge in [0.25, 0.3) is 0 Å². The molecule has 126 valence electrons. The molecule has 4 rings (SSSR count). The van der Waals surface area contributed by atoms with E-state index in [-0.39, 0.29) is 5.95 Å². The maximum absolute atomic E-state index is 13.7. The van der Waals surface area contributed by atoms with Crippen molar-refractivity contribution in [3.05, 3.63) is 53.1 Å². The molecule has 24 heavy (non-hydrogen) atoms. The summed E-state index contributed by atoms with van der Waals surface area (Å²) in [5.41, 5.74) is 3.03. The van der Waals surface area contributed by atoms with Crippen LogP contribution in [0.3, 0.4) is 0 Å². The fourth-order valence-electron chi connectivity index (χ4n) is 3.86. The second-order valence-corrected chi connectivity index (χ2v) is 6.95. The van der Waals surface area contributed by atoms with Crippen molar-refractivity contribution in [1.29, 1.82) is 0 Å². The Morgan fingerprint density at radius 2 is 2.04 bits per heavy atom. The zero-order valence-electron chi connectivity index (χ0n) is 13.9. The van der Waals surface area contributed by atoms with Crippen LogP contribution in [-0.2, 0) is 19.5 Å². The van der Waals surface area contributed by atoms with Crippen molar-refractivity contribution in [2.75, 3.05) is 6.54 Å². The van der Waals surface area contributed by atoms with Gasteiger partial charge in [-0.15, -0.1) is 0 Å². The summed E-state index contributed by atoms with van der Waals surface area (Å²) in [5, 5.41) is 0. The third-order valence-corrected chi connectivity index (χ3v) is 5.23. The highest BCUT2D eigenvalue weighted by Gasteiger charge is 2.23. The Hall–Kier alpha value is -1.88. The smallest absolute Gasteiger partial charge is 0.217 e. The first kappa shape index (κ1) is 15.6. The lowest BCUT2D eigenvalue weighted by Gasteiger charge is -2.29. The predicted molar refractivity (Wildman–Crippen MR) is 89.9 cm³/mol. The Balaban J connectivity index is 1.46. The molecule has 1 saturated carbocycles. The normalized spacial score (nSPS) is 19.2. The van der Waals surface area contributed by atoms with Crippen LogP contribution in [0.25, 0.3) is 0 Å². The van der Waals surface area contributed by atoms with Gasteiger partial charge in [-0.25, -0.2) is 15.0 Å². The quantitative estimate of drug-likeness (QED) is 0.808. The molecule has 0 amide bonds. The average Bonchev–Trinajstić information content (AvgIpc) is 2.64. The van der Waals surface area contributed by atoms with Gasteiger partial charge >= 0.3 is 0 Å². The summed E-state index contributed by atoms with van der Waals surface area (Å²) < 4.78 is 13.7. The summed E-state index contributed by atoms with van der Waals surface area (Å²) in [4.78, 5) is 15.5. The monoisotopic (exact) mass is 326 g/mol. The first-order valence-electron chi connectivity index (χ1n) is 8.96. The van der Waals surface area contributed by atoms with Crippen molar-refractivity contribution in [2.24, 2.45) is 0 Å². The van der Waals surface area contributed by atoms with E-state index in [0.29, 0.717) is 18.0 Å². The van der Waals surface area contributed by atoms with Gasteiger partial charge in [-0.1, -0.05) is 25.3 Å². The molecule has 1 aliphatic heterocycles. The number of halogens is 1. The minimum absolute atomic E-state index is 0.368. The molecular formula is C19H23FN4. The molecule has 0 saturated heterocycles. The van der Waals surface area contributed by atoms with Crippen molar-refractivity contribution >= 4 is 0 Å². The average molecular weight is 326 g/mol. The van der Waals surface area contributed by atoms with Gasteiger partial charge in [-0.05, 0) is 18.9 Å². The Labute approximate surface area is 142 Å². The van der Waals surface area contributed by atoms with Crippen molar-refractivity contribution in [3.8, 4) is 0 Å². The summed E-state index contributed by atoms with van der Waals surface area (Å²) >= 11 is 0. The molecule has 2 aliphatic rings. The van der Waals surface area contributed by atoms with Gasteiger partial charge in [-0.3, -0.25) is 4.90 Å². The molecule has 2 aromatic rings. The van der Waals surface area contributed by atoms with Crippen molar-refractivity contribution in [2.45, 2.75) is 57.5 Å². The largest absolute Gasteiger partial charge is 0.294 e. The third kappa shape index (κ3) is 3.31. The highest BCUT2D eigenvalue weighted by Crippen LogP contribution is 2.31. The topological polar surface area (TPSA) is 41.9 Å². The molecular weight excluding hydrogens is 303 g/mol. The Bertz CT molecular complexity index is 712. The Kier molecular flexibility index (Phi) is 4.52. The summed E-state index contributed by atoms with van der Waals surface area (Å²) in [6.07, 6.45) is 10.8. The van der Waals surface area contributed by atoms with E-state index in [1.807, 2.05) is 6.20 Å². The molecule has 0 bridgehead atoms. The summed E-state index contributed by atoms with van der Waals surface area (Å²) in [5.74, 6) is 1.22. The van der Waals surface area contributed by atoms with Crippen LogP contribution in [0.5, 0.6) is 0 Å². The molecule has 0 atom stereocenters. The fourth-order valence-corrected chi connectivity index (χ4v) is 3.86. The minimum Gasteiger partial charge on any atom is -0.294 e. The fraction of sp³-hybridized carbons (Fsp3) is 0.526. The van der Waals surface area contributed by atoms with Crippen LogP contribution in [0.2, 0.25) is 0 Å². The number of hydrogen-bond donors (Lipinski definition) is 0. The molecule has 0 spiro atoms. The van der Waals surface area contributed by atoms with Crippen LogP contribution in [0.4, 0.5) is 4.39 Å². The number of fused-ring (bicyclic) bond motifs is 1. The molecule has 1 aliphatic carbocycles. The molecule has 0 N–H and O–H groups in total. The third-order valence-electron chi connectivity index (χ3n) is 5.23. The lowest BCUT2D eigenvalue weighted by Crippen LogP contribution is -2.31. The molecule has 0 radical (unpaired) electrons. The summed E-state index contributed by atoms with van der Waals surface area (Å²) in [6.45, 7) is 2.28. The second-order valence-electron chi connectivity index (χ2n) is 6.95. The molecule has 0 unspecified atom stereocenters. The van der Waals surface area contributed by atoms with Gasteiger partial charge in [-0.2, -0.15) is 4.39 Å². The van der Waals surface area contributed by atoms with Crippen molar-refractivity contribution in [3.63, 3.8) is 0 Å². The van der Waals surface area contributed by atoms with Crippen molar-refractivity contribution < 1.29 is 4.39 Å². The zero-order valence-corrected chi connectivity index (χ0v) is 13.9. The van der Waals surface area contributed by atoms with Crippen molar-refractivity contribution in [1.82, 2.24) is 19.9 Å². The summed E-state index contributed by atoms with van der Waals surface area (Å²) in [7, 11) is 0. The van der Waals surface area contributed by atoms with E-state index in [1.165, 1.54) is 49.6 Å². The van der Waals surface area contributed by atoms with Gasteiger partial charge in [0.05, 0.1) is 0 Å². The lowest BCUT2D eigenvalue weighted by atomic mass is 9.88. The number of pyridine rings is 1. The minimum atomic E-state index is -0.368. The van der Waals surface area contributed by atoms with E-state index in [4.69, 9.17) is 4.98 Å². The highest BCUT2D eigenvalue weighted by molar-refractivity contribution is 5.22. The lowest BCUT2D eigenvalue weighted by molar-refractivity contribution is 0.238. The highest BCUT2D eigenvalue weighted by atomic mass is 19.1. The maximum Gasteiger partial charge on any atom is 0.217 e. The maximum atomic E-state index is 13.7. The zero-order chi connectivity index (χ0) is 16.4. The number of nitrogens with zero attached hydrogens (tertiary/aromatic N) is 4. The van der Waals surface area contributed by atoms with Gasteiger partial charge in [0.2, 0.25) is 5.95 Å². The number of hydrogen-bond acceptors (Lipinski definition) is 4. The van der Waals surface area contributed by atoms with Crippen LogP contribution in [0, 0.1) is 5.95 Å². The van der Waals surface area contributed by atoms with Crippen LogP contribution in [0.15, 0.2) is 24.5 Å². The second kappa shape index (κ2) is 6.93. The van der Waals surface area contributed by atoms with Gasteiger partial charge in [0.15, 0.2) is 0 Å². The standard InChI is InChI=1S/C19H23FN4/c20-18-15(7-4-9-21-18)12-24-10-8-17-16(13-24)11-22-19(23-17)14-5-2-1-3-6-14/h4,7,9,11,14H,1-3,5-6,8,10,12-13H2. The molecule has 5 heteroatoms. The van der Waals surface area contributed by atoms with E-state index >= 15 is 0 Å². The van der Waals surface area contributed by atoms with Crippen LogP contribution < -0.4 is 0 Å². The summed E-state index contributed by atoms with van der Waals surface area (Å²) in [6, 6.07) is 3.59. The molecule has 4 nitrogen and oxygen atoms in total. The number of aromatic nitrogens is 3. The molecule has 0 aromatic carbocycles. The van der Waals surface area contributed by atoms with Crippen LogP contribution in [-0.4, -0.2) is 26.4 Å². The molecule has 2 aromatic heterocycles. The first-order chi connectivity index (χ1) is 11.8. The van der Waals surface area contributed by atoms with E-state index < -0.39 is 0 Å². The molecule has 1 fully saturated rings. The Morgan fingerprint density at radius 1 is 1.17 bits per heavy atom. The molecule has 3 heterocycles. The van der Waals surface area contributed by atoms with Gasteiger partial charge in [0, 0.05) is 61.2 Å². The SMILES string of the molecule is Fc1ncccc1CN1CCc2nc(C3CCCCC3)ncc2C1. The van der Waals surface area contributed by atoms with Crippen LogP contribution >= 0.6 is 0 Å².